The van der Waals surface area contributed by atoms with Crippen molar-refractivity contribution in [2.75, 3.05) is 26.3 Å². The van der Waals surface area contributed by atoms with Gasteiger partial charge in [0.1, 0.15) is 5.76 Å². The van der Waals surface area contributed by atoms with Gasteiger partial charge in [-0.05, 0) is 24.6 Å². The van der Waals surface area contributed by atoms with Crippen molar-refractivity contribution in [1.82, 2.24) is 15.4 Å². The van der Waals surface area contributed by atoms with Crippen LogP contribution < -0.4 is 5.32 Å². The van der Waals surface area contributed by atoms with Crippen LogP contribution in [0.25, 0.3) is 0 Å². The van der Waals surface area contributed by atoms with Gasteiger partial charge in [-0.1, -0.05) is 33.2 Å². The van der Waals surface area contributed by atoms with Crippen molar-refractivity contribution in [3.8, 4) is 0 Å². The fourth-order valence-electron chi connectivity index (χ4n) is 2.65. The summed E-state index contributed by atoms with van der Waals surface area (Å²) in [6.45, 7) is 6.07. The number of hydrogen-bond donors (Lipinski definition) is 1. The third-order valence-corrected chi connectivity index (χ3v) is 4.52. The number of carbonyl (C=O) groups is 1. The molecular formula is C17H20BrN3O3. The standard InChI is InChI=1S/C17H20BrN3O3/c1-12-15(11-21-5-7-23-8-6-21)16(20-24-12)17(22)19-10-13-3-2-4-14(18)9-13/h2-4,9H,5-8,10-11H2,1H3,(H,19,22). The topological polar surface area (TPSA) is 67.6 Å². The second-order valence-corrected chi connectivity index (χ2v) is 6.68. The predicted molar refractivity (Wildman–Crippen MR) is 92.6 cm³/mol. The Morgan fingerprint density at radius 1 is 1.38 bits per heavy atom. The van der Waals surface area contributed by atoms with Crippen LogP contribution in [0.15, 0.2) is 33.3 Å². The number of nitrogens with one attached hydrogen (secondary N) is 1. The number of aromatic nitrogens is 1. The number of halogens is 1. The van der Waals surface area contributed by atoms with Crippen molar-refractivity contribution in [3.63, 3.8) is 0 Å². The summed E-state index contributed by atoms with van der Waals surface area (Å²) in [5.41, 5.74) is 2.24. The SMILES string of the molecule is Cc1onc(C(=O)NCc2cccc(Br)c2)c1CN1CCOCC1. The average Bonchev–Trinajstić information content (AvgIpc) is 2.95. The lowest BCUT2D eigenvalue weighted by atomic mass is 10.1. The van der Waals surface area contributed by atoms with E-state index >= 15 is 0 Å². The molecule has 3 rings (SSSR count). The molecule has 6 nitrogen and oxygen atoms in total. The van der Waals surface area contributed by atoms with Crippen molar-refractivity contribution >= 4 is 21.8 Å². The van der Waals surface area contributed by atoms with Crippen molar-refractivity contribution < 1.29 is 14.1 Å². The van der Waals surface area contributed by atoms with E-state index in [1.54, 1.807) is 0 Å². The Labute approximate surface area is 149 Å². The number of rotatable bonds is 5. The zero-order chi connectivity index (χ0) is 16.9. The molecule has 0 spiro atoms. The van der Waals surface area contributed by atoms with Gasteiger partial charge in [0.05, 0.1) is 13.2 Å². The molecule has 0 bridgehead atoms. The van der Waals surface area contributed by atoms with Crippen LogP contribution in [0, 0.1) is 6.92 Å². The van der Waals surface area contributed by atoms with Gasteiger partial charge in [-0.15, -0.1) is 0 Å². The Kier molecular flexibility index (Phi) is 5.65. The summed E-state index contributed by atoms with van der Waals surface area (Å²) in [4.78, 5) is 14.7. The first-order valence-corrected chi connectivity index (χ1v) is 8.70. The largest absolute Gasteiger partial charge is 0.379 e. The molecule has 2 heterocycles. The molecule has 1 fully saturated rings. The summed E-state index contributed by atoms with van der Waals surface area (Å²) in [5.74, 6) is 0.476. The molecule has 1 aromatic heterocycles. The summed E-state index contributed by atoms with van der Waals surface area (Å²) < 4.78 is 11.6. The summed E-state index contributed by atoms with van der Waals surface area (Å²) in [7, 11) is 0. The second kappa shape index (κ2) is 7.92. The highest BCUT2D eigenvalue weighted by Crippen LogP contribution is 2.17. The monoisotopic (exact) mass is 393 g/mol. The number of morpholine rings is 1. The van der Waals surface area contributed by atoms with Crippen molar-refractivity contribution in [1.29, 1.82) is 0 Å². The summed E-state index contributed by atoms with van der Waals surface area (Å²) in [5, 5.41) is 6.86. The molecular weight excluding hydrogens is 374 g/mol. The molecule has 2 aromatic rings. The number of amides is 1. The van der Waals surface area contributed by atoms with E-state index in [0.717, 1.165) is 41.9 Å². The van der Waals surface area contributed by atoms with Gasteiger partial charge in [0.25, 0.3) is 5.91 Å². The van der Waals surface area contributed by atoms with E-state index in [1.807, 2.05) is 31.2 Å². The Hall–Kier alpha value is -1.70. The minimum absolute atomic E-state index is 0.213. The Bertz CT molecular complexity index is 711. The molecule has 1 aromatic carbocycles. The fourth-order valence-corrected chi connectivity index (χ4v) is 3.10. The van der Waals surface area contributed by atoms with Gasteiger partial charge in [0.15, 0.2) is 5.69 Å². The number of aryl methyl sites for hydroxylation is 1. The molecule has 0 unspecified atom stereocenters. The second-order valence-electron chi connectivity index (χ2n) is 5.77. The van der Waals surface area contributed by atoms with Crippen LogP contribution in [0.1, 0.15) is 27.4 Å². The maximum Gasteiger partial charge on any atom is 0.274 e. The van der Waals surface area contributed by atoms with Gasteiger partial charge in [-0.2, -0.15) is 0 Å². The molecule has 1 aliphatic rings. The number of ether oxygens (including phenoxy) is 1. The normalized spacial score (nSPS) is 15.4. The first kappa shape index (κ1) is 17.1. The summed E-state index contributed by atoms with van der Waals surface area (Å²) >= 11 is 3.43. The smallest absolute Gasteiger partial charge is 0.274 e. The van der Waals surface area contributed by atoms with Gasteiger partial charge in [0, 0.05) is 36.2 Å². The van der Waals surface area contributed by atoms with E-state index in [0.29, 0.717) is 24.5 Å². The summed E-state index contributed by atoms with van der Waals surface area (Å²) in [6, 6.07) is 7.83. The van der Waals surface area contributed by atoms with E-state index in [1.165, 1.54) is 0 Å². The van der Waals surface area contributed by atoms with Crippen molar-refractivity contribution in [2.45, 2.75) is 20.0 Å². The quantitative estimate of drug-likeness (QED) is 0.844. The van der Waals surface area contributed by atoms with Gasteiger partial charge < -0.3 is 14.6 Å². The van der Waals surface area contributed by atoms with E-state index in [-0.39, 0.29) is 5.91 Å². The van der Waals surface area contributed by atoms with E-state index < -0.39 is 0 Å². The molecule has 7 heteroatoms. The first-order chi connectivity index (χ1) is 11.6. The van der Waals surface area contributed by atoms with Gasteiger partial charge in [0.2, 0.25) is 0 Å². The van der Waals surface area contributed by atoms with Crippen LogP contribution in [0.5, 0.6) is 0 Å². The summed E-state index contributed by atoms with van der Waals surface area (Å²) in [6.07, 6.45) is 0. The van der Waals surface area contributed by atoms with Crippen LogP contribution >= 0.6 is 15.9 Å². The predicted octanol–water partition coefficient (Wildman–Crippen LogP) is 2.51. The number of hydrogen-bond acceptors (Lipinski definition) is 5. The fraction of sp³-hybridized carbons (Fsp3) is 0.412. The van der Waals surface area contributed by atoms with Crippen molar-refractivity contribution in [2.24, 2.45) is 0 Å². The molecule has 128 valence electrons. The van der Waals surface area contributed by atoms with E-state index in [9.17, 15) is 4.79 Å². The number of carbonyl (C=O) groups excluding carboxylic acids is 1. The first-order valence-electron chi connectivity index (χ1n) is 7.91. The molecule has 1 amide bonds. The molecule has 0 saturated carbocycles. The highest BCUT2D eigenvalue weighted by molar-refractivity contribution is 9.10. The van der Waals surface area contributed by atoms with Gasteiger partial charge in [-0.25, -0.2) is 0 Å². The molecule has 0 atom stereocenters. The molecule has 0 aliphatic carbocycles. The molecule has 1 aliphatic heterocycles. The van der Waals surface area contributed by atoms with E-state index in [2.05, 4.69) is 31.3 Å². The molecule has 0 radical (unpaired) electrons. The Morgan fingerprint density at radius 3 is 2.92 bits per heavy atom. The van der Waals surface area contributed by atoms with Gasteiger partial charge >= 0.3 is 0 Å². The Balaban J connectivity index is 1.66. The third kappa shape index (κ3) is 4.23. The van der Waals surface area contributed by atoms with Crippen LogP contribution in [-0.4, -0.2) is 42.3 Å². The minimum Gasteiger partial charge on any atom is -0.379 e. The molecule has 1 N–H and O–H groups in total. The highest BCUT2D eigenvalue weighted by atomic mass is 79.9. The molecule has 24 heavy (non-hydrogen) atoms. The Morgan fingerprint density at radius 2 is 2.17 bits per heavy atom. The lowest BCUT2D eigenvalue weighted by Crippen LogP contribution is -2.36. The minimum atomic E-state index is -0.213. The number of nitrogens with zero attached hydrogens (tertiary/aromatic N) is 2. The maximum absolute atomic E-state index is 12.5. The lowest BCUT2D eigenvalue weighted by Gasteiger charge is -2.26. The zero-order valence-electron chi connectivity index (χ0n) is 13.5. The maximum atomic E-state index is 12.5. The molecule has 1 saturated heterocycles. The van der Waals surface area contributed by atoms with E-state index in [4.69, 9.17) is 9.26 Å². The highest BCUT2D eigenvalue weighted by Gasteiger charge is 2.22. The van der Waals surface area contributed by atoms with Crippen LogP contribution in [0.2, 0.25) is 0 Å². The zero-order valence-corrected chi connectivity index (χ0v) is 15.1. The van der Waals surface area contributed by atoms with Crippen molar-refractivity contribution in [3.05, 3.63) is 51.3 Å². The van der Waals surface area contributed by atoms with Crippen LogP contribution in [-0.2, 0) is 17.8 Å². The van der Waals surface area contributed by atoms with Crippen LogP contribution in [0.3, 0.4) is 0 Å². The van der Waals surface area contributed by atoms with Gasteiger partial charge in [-0.3, -0.25) is 9.69 Å². The number of benzene rings is 1. The lowest BCUT2D eigenvalue weighted by molar-refractivity contribution is 0.0339. The average molecular weight is 394 g/mol. The van der Waals surface area contributed by atoms with Crippen LogP contribution in [0.4, 0.5) is 0 Å². The third-order valence-electron chi connectivity index (χ3n) is 4.03.